The Hall–Kier alpha value is -1.18. The molecule has 0 rings (SSSR count). The molecular weight excluding hydrogens is 556 g/mol. The largest absolute Gasteiger partial charge is 0.467 e. The average Bonchev–Trinajstić information content (AvgIpc) is 3.05. The summed E-state index contributed by atoms with van der Waals surface area (Å²) >= 11 is 0. The van der Waals surface area contributed by atoms with Crippen molar-refractivity contribution < 1.29 is 34.0 Å². The van der Waals surface area contributed by atoms with Crippen LogP contribution in [0, 0.1) is 5.92 Å². The van der Waals surface area contributed by atoms with E-state index >= 15 is 0 Å². The van der Waals surface area contributed by atoms with Gasteiger partial charge in [-0.25, -0.2) is 9.59 Å². The lowest BCUT2D eigenvalue weighted by Gasteiger charge is -2.21. The van der Waals surface area contributed by atoms with Crippen molar-refractivity contribution in [2.45, 2.75) is 201 Å². The first-order chi connectivity index (χ1) is 21.3. The van der Waals surface area contributed by atoms with Crippen LogP contribution >= 0.6 is 0 Å². The standard InChI is InChI=1S/C21H42O3.C12H26.C4H8O4/c1-4-6-8-10-11-12-13-14-16-18-19(17-15-9-7-5-2)20(22)21(23)24-3;1-3-5-7-9-11-12-10-8-6-4-2;1-7-3(5)4(6)8-2/h19-20,22H,4-18H2,1-3H3;3-12H2,1-2H3;3,5H,1-2H3. The molecule has 0 bridgehead atoms. The molecule has 0 amide bonds. The van der Waals surface area contributed by atoms with Gasteiger partial charge in [0.2, 0.25) is 0 Å². The summed E-state index contributed by atoms with van der Waals surface area (Å²) in [6.07, 6.45) is 30.4. The Morgan fingerprint density at radius 1 is 0.455 bits per heavy atom. The first-order valence-corrected chi connectivity index (χ1v) is 18.3. The molecule has 7 heteroatoms. The Morgan fingerprint density at radius 3 is 0.977 bits per heavy atom. The Kier molecular flexibility index (Phi) is 42.8. The lowest BCUT2D eigenvalue weighted by atomic mass is 9.89. The number of esters is 2. The SMILES string of the molecule is CCCCCCCCCCCC.CCCCCCCCCCCC(CCCCCC)C(O)C(=O)OC.COC(=O)C(O)OC. The van der Waals surface area contributed by atoms with E-state index in [1.807, 2.05) is 0 Å². The van der Waals surface area contributed by atoms with Crippen LogP contribution in [0.25, 0.3) is 0 Å². The summed E-state index contributed by atoms with van der Waals surface area (Å²) in [5.74, 6) is -1.18. The van der Waals surface area contributed by atoms with E-state index in [2.05, 4.69) is 37.2 Å². The van der Waals surface area contributed by atoms with Gasteiger partial charge in [-0.15, -0.1) is 0 Å². The minimum absolute atomic E-state index is 0.0684. The van der Waals surface area contributed by atoms with Crippen LogP contribution < -0.4 is 0 Å². The zero-order chi connectivity index (χ0) is 33.7. The molecule has 0 saturated heterocycles. The number of hydrogen-bond donors (Lipinski definition) is 2. The molecule has 0 heterocycles. The summed E-state index contributed by atoms with van der Waals surface area (Å²) in [5.41, 5.74) is 0. The average molecular weight is 633 g/mol. The predicted molar refractivity (Wildman–Crippen MR) is 185 cm³/mol. The third kappa shape index (κ3) is 35.3. The quantitative estimate of drug-likeness (QED) is 0.0502. The summed E-state index contributed by atoms with van der Waals surface area (Å²) in [5, 5.41) is 18.6. The minimum atomic E-state index is -1.44. The first-order valence-electron chi connectivity index (χ1n) is 18.3. The van der Waals surface area contributed by atoms with Crippen molar-refractivity contribution in [1.82, 2.24) is 0 Å². The van der Waals surface area contributed by atoms with Crippen LogP contribution in [-0.4, -0.2) is 55.9 Å². The van der Waals surface area contributed by atoms with Crippen molar-refractivity contribution in [3.63, 3.8) is 0 Å². The minimum Gasteiger partial charge on any atom is -0.467 e. The Labute approximate surface area is 273 Å². The lowest BCUT2D eigenvalue weighted by Crippen LogP contribution is -2.30. The van der Waals surface area contributed by atoms with Gasteiger partial charge in [0.25, 0.3) is 6.29 Å². The third-order valence-corrected chi connectivity index (χ3v) is 8.08. The molecule has 0 saturated carbocycles. The monoisotopic (exact) mass is 633 g/mol. The second kappa shape index (κ2) is 39.8. The van der Waals surface area contributed by atoms with E-state index in [9.17, 15) is 14.7 Å². The summed E-state index contributed by atoms with van der Waals surface area (Å²) in [4.78, 5) is 21.8. The molecule has 44 heavy (non-hydrogen) atoms. The van der Waals surface area contributed by atoms with E-state index in [-0.39, 0.29) is 5.92 Å². The van der Waals surface area contributed by atoms with Crippen molar-refractivity contribution >= 4 is 11.9 Å². The van der Waals surface area contributed by atoms with Gasteiger partial charge in [-0.05, 0) is 18.8 Å². The summed E-state index contributed by atoms with van der Waals surface area (Å²) in [7, 11) is 3.74. The third-order valence-electron chi connectivity index (χ3n) is 8.08. The van der Waals surface area contributed by atoms with Crippen molar-refractivity contribution in [2.75, 3.05) is 21.3 Å². The van der Waals surface area contributed by atoms with Crippen molar-refractivity contribution in [3.8, 4) is 0 Å². The van der Waals surface area contributed by atoms with Gasteiger partial charge in [0, 0.05) is 7.11 Å². The van der Waals surface area contributed by atoms with Gasteiger partial charge >= 0.3 is 11.9 Å². The Bertz CT molecular complexity index is 560. The van der Waals surface area contributed by atoms with E-state index in [4.69, 9.17) is 9.84 Å². The molecule has 3 unspecified atom stereocenters. The highest BCUT2D eigenvalue weighted by atomic mass is 16.6. The first kappa shape index (κ1) is 47.2. The van der Waals surface area contributed by atoms with Crippen LogP contribution in [0.1, 0.15) is 188 Å². The van der Waals surface area contributed by atoms with E-state index in [1.54, 1.807) is 0 Å². The predicted octanol–water partition coefficient (Wildman–Crippen LogP) is 10.1. The molecule has 0 spiro atoms. The second-order valence-corrected chi connectivity index (χ2v) is 12.1. The molecule has 7 nitrogen and oxygen atoms in total. The van der Waals surface area contributed by atoms with Gasteiger partial charge in [-0.1, -0.05) is 175 Å². The molecule has 0 fully saturated rings. The molecule has 0 aromatic rings. The van der Waals surface area contributed by atoms with Crippen LogP contribution in [0.4, 0.5) is 0 Å². The maximum atomic E-state index is 11.6. The van der Waals surface area contributed by atoms with Crippen LogP contribution in [-0.2, 0) is 23.8 Å². The molecule has 3 atom stereocenters. The number of methoxy groups -OCH3 is 3. The van der Waals surface area contributed by atoms with Gasteiger partial charge in [-0.3, -0.25) is 0 Å². The van der Waals surface area contributed by atoms with Crippen molar-refractivity contribution in [2.24, 2.45) is 5.92 Å². The van der Waals surface area contributed by atoms with Crippen molar-refractivity contribution in [3.05, 3.63) is 0 Å². The fourth-order valence-electron chi connectivity index (χ4n) is 5.08. The number of carbonyl (C=O) groups is 2. The van der Waals surface area contributed by atoms with Gasteiger partial charge in [0.05, 0.1) is 14.2 Å². The van der Waals surface area contributed by atoms with E-state index in [0.717, 1.165) is 25.7 Å². The molecule has 0 aliphatic carbocycles. The Morgan fingerprint density at radius 2 is 0.727 bits per heavy atom. The van der Waals surface area contributed by atoms with E-state index in [1.165, 1.54) is 156 Å². The lowest BCUT2D eigenvalue weighted by molar-refractivity contribution is -0.174. The number of ether oxygens (including phenoxy) is 3. The van der Waals surface area contributed by atoms with Crippen LogP contribution in [0.2, 0.25) is 0 Å². The number of hydrogen-bond acceptors (Lipinski definition) is 7. The zero-order valence-electron chi connectivity index (χ0n) is 30.3. The fourth-order valence-corrected chi connectivity index (χ4v) is 5.08. The molecule has 0 aromatic carbocycles. The number of aliphatic hydroxyl groups is 2. The van der Waals surface area contributed by atoms with Crippen LogP contribution in [0.3, 0.4) is 0 Å². The molecule has 0 radical (unpaired) electrons. The summed E-state index contributed by atoms with van der Waals surface area (Å²) in [6, 6.07) is 0. The highest BCUT2D eigenvalue weighted by Crippen LogP contribution is 2.23. The van der Waals surface area contributed by atoms with Crippen molar-refractivity contribution in [1.29, 1.82) is 0 Å². The fraction of sp³-hybridized carbons (Fsp3) is 0.946. The second-order valence-electron chi connectivity index (χ2n) is 12.1. The highest BCUT2D eigenvalue weighted by molar-refractivity contribution is 5.74. The van der Waals surface area contributed by atoms with Crippen LogP contribution in [0.5, 0.6) is 0 Å². The molecule has 2 N–H and O–H groups in total. The molecular formula is C37H76O7. The number of aliphatic hydroxyl groups excluding tert-OH is 2. The molecule has 0 aliphatic heterocycles. The molecule has 266 valence electrons. The highest BCUT2D eigenvalue weighted by Gasteiger charge is 2.26. The zero-order valence-corrected chi connectivity index (χ0v) is 30.3. The number of unbranched alkanes of at least 4 members (excludes halogenated alkanes) is 20. The van der Waals surface area contributed by atoms with Crippen LogP contribution in [0.15, 0.2) is 0 Å². The van der Waals surface area contributed by atoms with E-state index < -0.39 is 24.3 Å². The molecule has 0 aromatic heterocycles. The Balaban J connectivity index is -0.000000692. The summed E-state index contributed by atoms with van der Waals surface area (Å²) < 4.78 is 13.0. The number of rotatable bonds is 28. The maximum absolute atomic E-state index is 11.6. The smallest absolute Gasteiger partial charge is 0.362 e. The topological polar surface area (TPSA) is 102 Å². The van der Waals surface area contributed by atoms with Gasteiger partial charge in [-0.2, -0.15) is 0 Å². The van der Waals surface area contributed by atoms with Gasteiger partial charge < -0.3 is 24.4 Å². The van der Waals surface area contributed by atoms with Gasteiger partial charge in [0.1, 0.15) is 0 Å². The number of carbonyl (C=O) groups excluding carboxylic acids is 2. The van der Waals surface area contributed by atoms with Gasteiger partial charge in [0.15, 0.2) is 6.10 Å². The van der Waals surface area contributed by atoms with E-state index in [0.29, 0.717) is 0 Å². The maximum Gasteiger partial charge on any atom is 0.362 e. The normalized spacial score (nSPS) is 12.7. The molecule has 0 aliphatic rings. The summed E-state index contributed by atoms with van der Waals surface area (Å²) in [6.45, 7) is 9.01.